The molecule has 0 saturated carbocycles. The first-order chi connectivity index (χ1) is 12.1. The summed E-state index contributed by atoms with van der Waals surface area (Å²) in [5.74, 6) is -1.19. The van der Waals surface area contributed by atoms with Gasteiger partial charge in [-0.1, -0.05) is 11.6 Å². The van der Waals surface area contributed by atoms with Crippen molar-refractivity contribution in [3.63, 3.8) is 0 Å². The number of amides is 2. The van der Waals surface area contributed by atoms with E-state index in [0.29, 0.717) is 6.54 Å². The van der Waals surface area contributed by atoms with Gasteiger partial charge in [-0.15, -0.1) is 0 Å². The summed E-state index contributed by atoms with van der Waals surface area (Å²) in [6, 6.07) is 0. The molecule has 26 heavy (non-hydrogen) atoms. The molecule has 12 heteroatoms. The lowest BCUT2D eigenvalue weighted by atomic mass is 10.3. The third-order valence-corrected chi connectivity index (χ3v) is 3.95. The van der Waals surface area contributed by atoms with E-state index in [1.807, 2.05) is 0 Å². The first-order valence-electron chi connectivity index (χ1n) is 7.47. The van der Waals surface area contributed by atoms with Gasteiger partial charge < -0.3 is 10.6 Å². The van der Waals surface area contributed by atoms with Crippen molar-refractivity contribution in [2.45, 2.75) is 33.1 Å². The van der Waals surface area contributed by atoms with Gasteiger partial charge in [0, 0.05) is 19.8 Å². The molecule has 0 bridgehead atoms. The predicted octanol–water partition coefficient (Wildman–Crippen LogP) is 2.08. The second-order valence-electron chi connectivity index (χ2n) is 5.28. The summed E-state index contributed by atoms with van der Waals surface area (Å²) < 4.78 is 40.8. The average molecular weight is 393 g/mol. The van der Waals surface area contributed by atoms with Crippen molar-refractivity contribution in [3.05, 3.63) is 28.3 Å². The third-order valence-electron chi connectivity index (χ3n) is 3.50. The quantitative estimate of drug-likeness (QED) is 0.814. The second-order valence-corrected chi connectivity index (χ2v) is 5.66. The molecule has 0 radical (unpaired) electrons. The molecule has 0 aliphatic rings. The largest absolute Gasteiger partial charge is 0.436 e. The van der Waals surface area contributed by atoms with Gasteiger partial charge in [0.05, 0.1) is 16.4 Å². The Morgan fingerprint density at radius 1 is 1.31 bits per heavy atom. The van der Waals surface area contributed by atoms with Crippen LogP contribution in [-0.4, -0.2) is 38.4 Å². The molecule has 0 aliphatic heterocycles. The molecule has 0 spiro atoms. The van der Waals surface area contributed by atoms with Gasteiger partial charge in [0.15, 0.2) is 11.4 Å². The highest BCUT2D eigenvalue weighted by atomic mass is 35.5. The molecule has 0 saturated heterocycles. The summed E-state index contributed by atoms with van der Waals surface area (Å²) in [5, 5.41) is 11.7. The van der Waals surface area contributed by atoms with E-state index in [0.717, 1.165) is 4.68 Å². The number of alkyl halides is 3. The zero-order valence-corrected chi connectivity index (χ0v) is 14.9. The number of hydrogen-bond acceptors (Lipinski definition) is 4. The van der Waals surface area contributed by atoms with Crippen LogP contribution < -0.4 is 10.6 Å². The molecule has 0 aliphatic carbocycles. The lowest BCUT2D eigenvalue weighted by Gasteiger charge is -2.06. The summed E-state index contributed by atoms with van der Waals surface area (Å²) in [7, 11) is 1.41. The van der Waals surface area contributed by atoms with Crippen molar-refractivity contribution in [2.24, 2.45) is 0 Å². The van der Waals surface area contributed by atoms with Crippen molar-refractivity contribution < 1.29 is 22.8 Å². The van der Waals surface area contributed by atoms with Crippen LogP contribution in [0.5, 0.6) is 0 Å². The second kappa shape index (κ2) is 7.36. The van der Waals surface area contributed by atoms with Crippen LogP contribution in [0, 0.1) is 6.92 Å². The van der Waals surface area contributed by atoms with E-state index in [1.54, 1.807) is 6.92 Å². The van der Waals surface area contributed by atoms with Crippen LogP contribution >= 0.6 is 11.6 Å². The van der Waals surface area contributed by atoms with Gasteiger partial charge in [-0.05, 0) is 13.8 Å². The molecule has 8 nitrogen and oxygen atoms in total. The number of aryl methyl sites for hydroxylation is 1. The number of anilines is 1. The van der Waals surface area contributed by atoms with Crippen LogP contribution in [0.3, 0.4) is 0 Å². The van der Waals surface area contributed by atoms with Gasteiger partial charge in [-0.3, -0.25) is 19.0 Å². The number of nitrogens with zero attached hydrogens (tertiary/aromatic N) is 4. The standard InChI is InChI=1S/C14H16ClF3N6O2/c1-4-23-5-8(11(21-23)13(26)19-3)20-9(25)6-24-7(2)10(15)12(22-24)14(16,17)18/h5H,4,6H2,1-3H3,(H,19,26)(H,20,25). The average Bonchev–Trinajstić information content (AvgIpc) is 3.09. The molecule has 142 valence electrons. The maximum absolute atomic E-state index is 12.8. The van der Waals surface area contributed by atoms with Crippen LogP contribution in [0.1, 0.15) is 28.8 Å². The summed E-state index contributed by atoms with van der Waals surface area (Å²) in [6.45, 7) is 3.07. The first kappa shape index (κ1) is 19.8. The number of aromatic nitrogens is 4. The van der Waals surface area contributed by atoms with Crippen molar-refractivity contribution in [1.82, 2.24) is 24.9 Å². The molecular formula is C14H16ClF3N6O2. The Balaban J connectivity index is 2.23. The van der Waals surface area contributed by atoms with Crippen LogP contribution in [0.4, 0.5) is 18.9 Å². The first-order valence-corrected chi connectivity index (χ1v) is 7.85. The normalized spacial score (nSPS) is 11.5. The van der Waals surface area contributed by atoms with Gasteiger partial charge in [-0.25, -0.2) is 0 Å². The third kappa shape index (κ3) is 3.98. The zero-order valence-electron chi connectivity index (χ0n) is 14.1. The van der Waals surface area contributed by atoms with E-state index < -0.39 is 35.3 Å². The van der Waals surface area contributed by atoms with Crippen molar-refractivity contribution in [3.8, 4) is 0 Å². The van der Waals surface area contributed by atoms with E-state index >= 15 is 0 Å². The predicted molar refractivity (Wildman–Crippen MR) is 86.9 cm³/mol. The number of carbonyl (C=O) groups excluding carboxylic acids is 2. The van der Waals surface area contributed by atoms with Crippen LogP contribution in [-0.2, 0) is 24.1 Å². The van der Waals surface area contributed by atoms with Crippen LogP contribution in [0.15, 0.2) is 6.20 Å². The fourth-order valence-electron chi connectivity index (χ4n) is 2.15. The van der Waals surface area contributed by atoms with Gasteiger partial charge >= 0.3 is 6.18 Å². The number of rotatable bonds is 5. The molecule has 0 aromatic carbocycles. The van der Waals surface area contributed by atoms with E-state index in [-0.39, 0.29) is 17.1 Å². The topological polar surface area (TPSA) is 93.8 Å². The van der Waals surface area contributed by atoms with Gasteiger partial charge in [0.25, 0.3) is 5.91 Å². The highest BCUT2D eigenvalue weighted by Gasteiger charge is 2.38. The monoisotopic (exact) mass is 392 g/mol. The maximum Gasteiger partial charge on any atom is 0.436 e. The number of halogens is 4. The SMILES string of the molecule is CCn1cc(NC(=O)Cn2nc(C(F)(F)F)c(Cl)c2C)c(C(=O)NC)n1. The lowest BCUT2D eigenvalue weighted by Crippen LogP contribution is -2.24. The molecule has 2 amide bonds. The molecule has 2 heterocycles. The maximum atomic E-state index is 12.8. The number of hydrogen-bond donors (Lipinski definition) is 2. The van der Waals surface area contributed by atoms with Gasteiger partial charge in [0.2, 0.25) is 5.91 Å². The summed E-state index contributed by atoms with van der Waals surface area (Å²) in [4.78, 5) is 24.0. The highest BCUT2D eigenvalue weighted by Crippen LogP contribution is 2.35. The minimum atomic E-state index is -4.72. The summed E-state index contributed by atoms with van der Waals surface area (Å²) in [5.41, 5.74) is -1.11. The fraction of sp³-hybridized carbons (Fsp3) is 0.429. The lowest BCUT2D eigenvalue weighted by molar-refractivity contribution is -0.141. The minimum Gasteiger partial charge on any atom is -0.354 e. The van der Waals surface area contributed by atoms with Gasteiger partial charge in [0.1, 0.15) is 6.54 Å². The summed E-state index contributed by atoms with van der Waals surface area (Å²) >= 11 is 5.65. The minimum absolute atomic E-state index is 0.00456. The van der Waals surface area contributed by atoms with Crippen molar-refractivity contribution in [1.29, 1.82) is 0 Å². The smallest absolute Gasteiger partial charge is 0.354 e. The Kier molecular flexibility index (Phi) is 5.59. The van der Waals surface area contributed by atoms with Crippen LogP contribution in [0.2, 0.25) is 5.02 Å². The van der Waals surface area contributed by atoms with Crippen molar-refractivity contribution in [2.75, 3.05) is 12.4 Å². The Morgan fingerprint density at radius 3 is 2.46 bits per heavy atom. The Labute approximate surface area is 151 Å². The zero-order chi connectivity index (χ0) is 19.6. The van der Waals surface area contributed by atoms with E-state index in [1.165, 1.54) is 24.9 Å². The molecular weight excluding hydrogens is 377 g/mol. The Bertz CT molecular complexity index is 843. The Morgan fingerprint density at radius 2 is 1.96 bits per heavy atom. The van der Waals surface area contributed by atoms with Crippen LogP contribution in [0.25, 0.3) is 0 Å². The highest BCUT2D eigenvalue weighted by molar-refractivity contribution is 6.32. The molecule has 2 N–H and O–H groups in total. The Hall–Kier alpha value is -2.56. The van der Waals surface area contributed by atoms with E-state index in [9.17, 15) is 22.8 Å². The van der Waals surface area contributed by atoms with Crippen molar-refractivity contribution >= 4 is 29.1 Å². The molecule has 2 aromatic rings. The van der Waals surface area contributed by atoms with E-state index in [4.69, 9.17) is 11.6 Å². The number of carbonyl (C=O) groups is 2. The fourth-order valence-corrected chi connectivity index (χ4v) is 2.39. The molecule has 0 fully saturated rings. The van der Waals surface area contributed by atoms with E-state index in [2.05, 4.69) is 20.8 Å². The number of nitrogens with one attached hydrogen (secondary N) is 2. The van der Waals surface area contributed by atoms with Gasteiger partial charge in [-0.2, -0.15) is 23.4 Å². The summed E-state index contributed by atoms with van der Waals surface area (Å²) in [6.07, 6.45) is -3.27. The molecule has 0 atom stereocenters. The molecule has 0 unspecified atom stereocenters. The molecule has 2 aromatic heterocycles. The molecule has 2 rings (SSSR count).